The average molecular weight is 340 g/mol. The highest BCUT2D eigenvalue weighted by atomic mass is 32.1. The fraction of sp³-hybridized carbons (Fsp3) is 0.333. The number of aryl methyl sites for hydroxylation is 1. The Bertz CT molecular complexity index is 892. The van der Waals surface area contributed by atoms with E-state index in [0.29, 0.717) is 6.04 Å². The fourth-order valence-corrected chi connectivity index (χ4v) is 4.09. The number of phenols is 1. The van der Waals surface area contributed by atoms with Crippen molar-refractivity contribution in [3.8, 4) is 17.0 Å². The summed E-state index contributed by atoms with van der Waals surface area (Å²) < 4.78 is 1.07. The van der Waals surface area contributed by atoms with Gasteiger partial charge in [-0.15, -0.1) is 21.5 Å². The van der Waals surface area contributed by atoms with Crippen LogP contribution in [0.3, 0.4) is 0 Å². The number of benzene rings is 1. The van der Waals surface area contributed by atoms with Gasteiger partial charge in [0.05, 0.1) is 5.69 Å². The van der Waals surface area contributed by atoms with Crippen molar-refractivity contribution >= 4 is 27.2 Å². The highest BCUT2D eigenvalue weighted by Crippen LogP contribution is 2.38. The number of nitrogens with one attached hydrogen (secondary N) is 1. The van der Waals surface area contributed by atoms with Crippen LogP contribution in [0, 0.1) is 6.92 Å². The molecule has 3 heterocycles. The molecular formula is C18H20N4OS. The molecule has 1 saturated heterocycles. The van der Waals surface area contributed by atoms with Crippen molar-refractivity contribution in [1.82, 2.24) is 15.1 Å². The zero-order valence-corrected chi connectivity index (χ0v) is 14.6. The molecule has 124 valence electrons. The van der Waals surface area contributed by atoms with Gasteiger partial charge in [0.1, 0.15) is 11.6 Å². The number of hydrogen-bond donors (Lipinski definition) is 2. The van der Waals surface area contributed by atoms with E-state index in [1.165, 1.54) is 0 Å². The van der Waals surface area contributed by atoms with Gasteiger partial charge in [-0.1, -0.05) is 0 Å². The van der Waals surface area contributed by atoms with Crippen LogP contribution in [0.4, 0.5) is 5.82 Å². The zero-order chi connectivity index (χ0) is 16.7. The Morgan fingerprint density at radius 2 is 2.17 bits per heavy atom. The van der Waals surface area contributed by atoms with Gasteiger partial charge >= 0.3 is 0 Å². The van der Waals surface area contributed by atoms with Crippen molar-refractivity contribution in [1.29, 1.82) is 0 Å². The van der Waals surface area contributed by atoms with Crippen LogP contribution in [0.5, 0.6) is 5.75 Å². The lowest BCUT2D eigenvalue weighted by Crippen LogP contribution is -2.24. The molecule has 5 nitrogen and oxygen atoms in total. The monoisotopic (exact) mass is 340 g/mol. The molecule has 0 saturated carbocycles. The van der Waals surface area contributed by atoms with E-state index in [0.717, 1.165) is 52.2 Å². The van der Waals surface area contributed by atoms with Crippen molar-refractivity contribution in [3.05, 3.63) is 35.2 Å². The van der Waals surface area contributed by atoms with Gasteiger partial charge in [-0.3, -0.25) is 0 Å². The summed E-state index contributed by atoms with van der Waals surface area (Å²) in [5.41, 5.74) is 2.47. The Kier molecular flexibility index (Phi) is 3.86. The third-order valence-corrected chi connectivity index (χ3v) is 5.47. The predicted octanol–water partition coefficient (Wildman–Crippen LogP) is 3.49. The van der Waals surface area contributed by atoms with Crippen molar-refractivity contribution < 1.29 is 5.11 Å². The first kappa shape index (κ1) is 15.4. The summed E-state index contributed by atoms with van der Waals surface area (Å²) in [6, 6.07) is 8.32. The third-order valence-electron chi connectivity index (χ3n) is 4.59. The van der Waals surface area contributed by atoms with E-state index in [2.05, 4.69) is 27.5 Å². The lowest BCUT2D eigenvalue weighted by atomic mass is 10.0. The molecule has 2 aromatic heterocycles. The van der Waals surface area contributed by atoms with Crippen molar-refractivity contribution in [3.63, 3.8) is 0 Å². The Labute approximate surface area is 145 Å². The molecule has 1 aliphatic heterocycles. The summed E-state index contributed by atoms with van der Waals surface area (Å²) in [7, 11) is 2.13. The molecule has 1 atom stereocenters. The summed E-state index contributed by atoms with van der Waals surface area (Å²) in [5, 5.41) is 25.6. The molecule has 1 fully saturated rings. The lowest BCUT2D eigenvalue weighted by molar-refractivity contribution is 0.414. The molecule has 2 N–H and O–H groups in total. The Morgan fingerprint density at radius 1 is 1.29 bits per heavy atom. The minimum atomic E-state index is 0.282. The predicted molar refractivity (Wildman–Crippen MR) is 98.8 cm³/mol. The average Bonchev–Trinajstić information content (AvgIpc) is 3.18. The second-order valence-electron chi connectivity index (χ2n) is 6.45. The van der Waals surface area contributed by atoms with Crippen LogP contribution < -0.4 is 5.32 Å². The van der Waals surface area contributed by atoms with Gasteiger partial charge in [0.15, 0.2) is 0 Å². The number of hydrogen-bond acceptors (Lipinski definition) is 6. The van der Waals surface area contributed by atoms with E-state index in [9.17, 15) is 5.11 Å². The quantitative estimate of drug-likeness (QED) is 0.764. The fourth-order valence-electron chi connectivity index (χ4n) is 3.30. The first-order valence-electron chi connectivity index (χ1n) is 8.11. The number of nitrogens with zero attached hydrogens (tertiary/aromatic N) is 3. The van der Waals surface area contributed by atoms with Gasteiger partial charge in [0.2, 0.25) is 0 Å². The van der Waals surface area contributed by atoms with E-state index >= 15 is 0 Å². The maximum absolute atomic E-state index is 10.6. The standard InChI is InChI=1S/C18H20N4OS/c1-11-9-16(19-12-5-7-22(2)10-12)20-21-17(11)14-3-4-15-13(18(14)23)6-8-24-15/h3-4,6,8-9,12,23H,5,7,10H2,1-2H3,(H,19,20). The number of aromatic nitrogens is 2. The van der Waals surface area contributed by atoms with Crippen LogP contribution in [0.15, 0.2) is 29.6 Å². The molecule has 0 aliphatic carbocycles. The van der Waals surface area contributed by atoms with Gasteiger partial charge in [0, 0.05) is 28.2 Å². The zero-order valence-electron chi connectivity index (χ0n) is 13.8. The van der Waals surface area contributed by atoms with Crippen molar-refractivity contribution in [2.75, 3.05) is 25.5 Å². The first-order chi connectivity index (χ1) is 11.6. The third kappa shape index (κ3) is 2.72. The maximum atomic E-state index is 10.6. The normalized spacial score (nSPS) is 18.3. The summed E-state index contributed by atoms with van der Waals surface area (Å²) >= 11 is 1.62. The molecule has 24 heavy (non-hydrogen) atoms. The van der Waals surface area contributed by atoms with Crippen LogP contribution in [-0.4, -0.2) is 46.4 Å². The van der Waals surface area contributed by atoms with E-state index < -0.39 is 0 Å². The Morgan fingerprint density at radius 3 is 2.92 bits per heavy atom. The molecule has 0 radical (unpaired) electrons. The number of aromatic hydroxyl groups is 1. The smallest absolute Gasteiger partial charge is 0.149 e. The van der Waals surface area contributed by atoms with Crippen LogP contribution >= 0.6 is 11.3 Å². The van der Waals surface area contributed by atoms with Crippen LogP contribution in [0.1, 0.15) is 12.0 Å². The second-order valence-corrected chi connectivity index (χ2v) is 7.40. The van der Waals surface area contributed by atoms with E-state index in [-0.39, 0.29) is 5.75 Å². The molecular weight excluding hydrogens is 320 g/mol. The largest absolute Gasteiger partial charge is 0.507 e. The number of thiophene rings is 1. The minimum absolute atomic E-state index is 0.282. The van der Waals surface area contributed by atoms with Crippen LogP contribution in [0.25, 0.3) is 21.3 Å². The highest BCUT2D eigenvalue weighted by Gasteiger charge is 2.20. The molecule has 0 amide bonds. The van der Waals surface area contributed by atoms with Gasteiger partial charge in [-0.05, 0) is 62.1 Å². The summed E-state index contributed by atoms with van der Waals surface area (Å²) in [6.07, 6.45) is 1.12. The first-order valence-corrected chi connectivity index (χ1v) is 8.99. The van der Waals surface area contributed by atoms with Crippen molar-refractivity contribution in [2.45, 2.75) is 19.4 Å². The maximum Gasteiger partial charge on any atom is 0.149 e. The summed E-state index contributed by atoms with van der Waals surface area (Å²) in [5.74, 6) is 1.08. The number of likely N-dealkylation sites (tertiary alicyclic amines) is 1. The van der Waals surface area contributed by atoms with Crippen LogP contribution in [-0.2, 0) is 0 Å². The molecule has 6 heteroatoms. The van der Waals surface area contributed by atoms with Crippen LogP contribution in [0.2, 0.25) is 0 Å². The molecule has 0 bridgehead atoms. The molecule has 1 aromatic carbocycles. The second kappa shape index (κ2) is 6.03. The summed E-state index contributed by atoms with van der Waals surface area (Å²) in [4.78, 5) is 2.31. The van der Waals surface area contributed by atoms with Gasteiger partial charge < -0.3 is 15.3 Å². The Balaban J connectivity index is 1.64. The number of phenolic OH excluding ortho intramolecular Hbond substituents is 1. The molecule has 1 unspecified atom stereocenters. The van der Waals surface area contributed by atoms with E-state index in [1.807, 2.05) is 36.6 Å². The topological polar surface area (TPSA) is 61.3 Å². The molecule has 0 spiro atoms. The van der Waals surface area contributed by atoms with Crippen molar-refractivity contribution in [2.24, 2.45) is 0 Å². The minimum Gasteiger partial charge on any atom is -0.507 e. The van der Waals surface area contributed by atoms with Gasteiger partial charge in [-0.2, -0.15) is 0 Å². The van der Waals surface area contributed by atoms with Gasteiger partial charge in [0.25, 0.3) is 0 Å². The van der Waals surface area contributed by atoms with E-state index in [1.54, 1.807) is 11.3 Å². The van der Waals surface area contributed by atoms with E-state index in [4.69, 9.17) is 0 Å². The number of fused-ring (bicyclic) bond motifs is 1. The lowest BCUT2D eigenvalue weighted by Gasteiger charge is -2.14. The van der Waals surface area contributed by atoms with Gasteiger partial charge in [-0.25, -0.2) is 0 Å². The number of likely N-dealkylation sites (N-methyl/N-ethyl adjacent to an activating group) is 1. The molecule has 4 rings (SSSR count). The Hall–Kier alpha value is -2.18. The number of rotatable bonds is 3. The highest BCUT2D eigenvalue weighted by molar-refractivity contribution is 7.17. The molecule has 3 aromatic rings. The SMILES string of the molecule is Cc1cc(NC2CCN(C)C2)nnc1-c1ccc2sccc2c1O. The molecule has 1 aliphatic rings. The number of anilines is 1. The summed E-state index contributed by atoms with van der Waals surface area (Å²) in [6.45, 7) is 4.14.